The number of nitriles is 1. The van der Waals surface area contributed by atoms with Gasteiger partial charge in [-0.3, -0.25) is 4.98 Å². The Bertz CT molecular complexity index is 1500. The van der Waals surface area contributed by atoms with E-state index >= 15 is 0 Å². The number of benzene rings is 1. The minimum Gasteiger partial charge on any atom is -0.383 e. The van der Waals surface area contributed by atoms with Crippen LogP contribution >= 0.6 is 0 Å². The van der Waals surface area contributed by atoms with Crippen molar-refractivity contribution in [2.24, 2.45) is 0 Å². The summed E-state index contributed by atoms with van der Waals surface area (Å²) in [4.78, 5) is 12.6. The SMILES string of the molecule is CC(c1cn(-c2ccccc2F)nn1)n1nc(-c2cncc(C#N)c2)c2c(N)ncnc21. The van der Waals surface area contributed by atoms with Gasteiger partial charge in [-0.05, 0) is 25.1 Å². The van der Waals surface area contributed by atoms with Crippen molar-refractivity contribution in [1.82, 2.24) is 39.7 Å². The number of aromatic nitrogens is 8. The Hall–Kier alpha value is -4.72. The summed E-state index contributed by atoms with van der Waals surface area (Å²) < 4.78 is 17.2. The molecule has 2 N–H and O–H groups in total. The van der Waals surface area contributed by atoms with Crippen molar-refractivity contribution >= 4 is 16.9 Å². The van der Waals surface area contributed by atoms with Gasteiger partial charge in [-0.2, -0.15) is 10.4 Å². The number of rotatable bonds is 4. The Kier molecular flexibility index (Phi) is 4.52. The van der Waals surface area contributed by atoms with Gasteiger partial charge in [0.1, 0.15) is 41.1 Å². The summed E-state index contributed by atoms with van der Waals surface area (Å²) in [5, 5.41) is 22.7. The summed E-state index contributed by atoms with van der Waals surface area (Å²) >= 11 is 0. The molecule has 0 saturated carbocycles. The van der Waals surface area contributed by atoms with Gasteiger partial charge in [-0.1, -0.05) is 17.3 Å². The third-order valence-electron chi connectivity index (χ3n) is 5.06. The third-order valence-corrected chi connectivity index (χ3v) is 5.06. The molecule has 0 aliphatic heterocycles. The van der Waals surface area contributed by atoms with Gasteiger partial charge in [-0.25, -0.2) is 23.7 Å². The van der Waals surface area contributed by atoms with Crippen molar-refractivity contribution < 1.29 is 4.39 Å². The second-order valence-corrected chi connectivity index (χ2v) is 7.04. The molecule has 4 heterocycles. The normalized spacial score (nSPS) is 12.0. The highest BCUT2D eigenvalue weighted by atomic mass is 19.1. The molecule has 10 nitrogen and oxygen atoms in total. The summed E-state index contributed by atoms with van der Waals surface area (Å²) in [5.41, 5.74) is 8.97. The quantitative estimate of drug-likeness (QED) is 0.463. The first-order valence-electron chi connectivity index (χ1n) is 9.58. The fourth-order valence-electron chi connectivity index (χ4n) is 3.45. The lowest BCUT2D eigenvalue weighted by molar-refractivity contribution is 0.565. The van der Waals surface area contributed by atoms with Gasteiger partial charge in [0, 0.05) is 18.0 Å². The Morgan fingerprint density at radius 1 is 1.19 bits per heavy atom. The standard InChI is InChI=1S/C21H15FN10/c1-12(16-10-31(30-28-16)17-5-3-2-4-15(17)22)32-21-18(20(24)26-11-27-21)19(29-32)14-6-13(7-23)8-25-9-14/h2-6,8-12H,1H3,(H2,24,26,27). The van der Waals surface area contributed by atoms with Crippen molar-refractivity contribution in [3.63, 3.8) is 0 Å². The van der Waals surface area contributed by atoms with Crippen LogP contribution in [0.25, 0.3) is 28.0 Å². The fourth-order valence-corrected chi connectivity index (χ4v) is 3.45. The van der Waals surface area contributed by atoms with Crippen LogP contribution in [-0.4, -0.2) is 39.7 Å². The van der Waals surface area contributed by atoms with Crippen LogP contribution < -0.4 is 5.73 Å². The molecule has 1 unspecified atom stereocenters. The lowest BCUT2D eigenvalue weighted by atomic mass is 10.1. The second-order valence-electron chi connectivity index (χ2n) is 7.04. The van der Waals surface area contributed by atoms with E-state index in [0.717, 1.165) is 0 Å². The fraction of sp³-hybridized carbons (Fsp3) is 0.0952. The number of nitrogen functional groups attached to an aromatic ring is 1. The monoisotopic (exact) mass is 426 g/mol. The Labute approximate surface area is 180 Å². The van der Waals surface area contributed by atoms with Crippen molar-refractivity contribution in [2.75, 3.05) is 5.73 Å². The van der Waals surface area contributed by atoms with Gasteiger partial charge in [0.2, 0.25) is 0 Å². The molecule has 0 fully saturated rings. The predicted octanol–water partition coefficient (Wildman–Crippen LogP) is 2.67. The molecular formula is C21H15FN10. The number of fused-ring (bicyclic) bond motifs is 1. The average Bonchev–Trinajstić information content (AvgIpc) is 3.45. The summed E-state index contributed by atoms with van der Waals surface area (Å²) in [6, 6.07) is 9.63. The highest BCUT2D eigenvalue weighted by Gasteiger charge is 2.23. The highest BCUT2D eigenvalue weighted by Crippen LogP contribution is 2.32. The molecular weight excluding hydrogens is 411 g/mol. The van der Waals surface area contributed by atoms with Crippen LogP contribution in [0.5, 0.6) is 0 Å². The second kappa shape index (κ2) is 7.51. The smallest absolute Gasteiger partial charge is 0.164 e. The molecule has 0 aliphatic carbocycles. The number of nitrogens with zero attached hydrogens (tertiary/aromatic N) is 9. The number of nitrogens with two attached hydrogens (primary N) is 1. The number of halogens is 1. The number of pyridine rings is 1. The minimum atomic E-state index is -0.409. The van der Waals surface area contributed by atoms with E-state index in [0.29, 0.717) is 33.5 Å². The predicted molar refractivity (Wildman–Crippen MR) is 113 cm³/mol. The maximum absolute atomic E-state index is 14.1. The molecule has 0 radical (unpaired) electrons. The van der Waals surface area contributed by atoms with Crippen molar-refractivity contribution in [3.05, 3.63) is 72.3 Å². The van der Waals surface area contributed by atoms with Crippen LogP contribution in [0, 0.1) is 17.1 Å². The highest BCUT2D eigenvalue weighted by molar-refractivity contribution is 5.98. The van der Waals surface area contributed by atoms with Gasteiger partial charge in [0.05, 0.1) is 23.2 Å². The van der Waals surface area contributed by atoms with Gasteiger partial charge in [0.25, 0.3) is 0 Å². The first kappa shape index (κ1) is 19.3. The van der Waals surface area contributed by atoms with Crippen LogP contribution in [0.4, 0.5) is 10.2 Å². The van der Waals surface area contributed by atoms with Crippen LogP contribution in [-0.2, 0) is 0 Å². The molecule has 0 spiro atoms. The summed E-state index contributed by atoms with van der Waals surface area (Å²) in [6.45, 7) is 1.87. The molecule has 1 atom stereocenters. The Morgan fingerprint density at radius 2 is 2.03 bits per heavy atom. The van der Waals surface area contributed by atoms with Crippen molar-refractivity contribution in [2.45, 2.75) is 13.0 Å². The molecule has 0 amide bonds. The molecule has 0 bridgehead atoms. The number of hydrogen-bond acceptors (Lipinski definition) is 8. The summed E-state index contributed by atoms with van der Waals surface area (Å²) in [7, 11) is 0. The third kappa shape index (κ3) is 3.10. The number of para-hydroxylation sites is 1. The minimum absolute atomic E-state index is 0.251. The van der Waals surface area contributed by atoms with E-state index in [2.05, 4.69) is 31.3 Å². The van der Waals surface area contributed by atoms with E-state index in [9.17, 15) is 9.65 Å². The van der Waals surface area contributed by atoms with E-state index < -0.39 is 11.9 Å². The van der Waals surface area contributed by atoms with E-state index in [4.69, 9.17) is 10.8 Å². The molecule has 11 heteroatoms. The Morgan fingerprint density at radius 3 is 2.84 bits per heavy atom. The van der Waals surface area contributed by atoms with Gasteiger partial charge in [0.15, 0.2) is 5.65 Å². The lowest BCUT2D eigenvalue weighted by Gasteiger charge is -2.09. The zero-order valence-corrected chi connectivity index (χ0v) is 16.8. The maximum Gasteiger partial charge on any atom is 0.164 e. The van der Waals surface area contributed by atoms with Crippen molar-refractivity contribution in [3.8, 4) is 23.0 Å². The molecule has 156 valence electrons. The topological polar surface area (TPSA) is 137 Å². The number of hydrogen-bond donors (Lipinski definition) is 1. The zero-order chi connectivity index (χ0) is 22.2. The van der Waals surface area contributed by atoms with Crippen LogP contribution in [0.15, 0.2) is 55.2 Å². The van der Waals surface area contributed by atoms with Crippen LogP contribution in [0.3, 0.4) is 0 Å². The maximum atomic E-state index is 14.1. The first-order valence-corrected chi connectivity index (χ1v) is 9.58. The molecule has 0 saturated heterocycles. The van der Waals surface area contributed by atoms with Gasteiger partial charge < -0.3 is 5.73 Å². The molecule has 0 aliphatic rings. The van der Waals surface area contributed by atoms with Gasteiger partial charge >= 0.3 is 0 Å². The summed E-state index contributed by atoms with van der Waals surface area (Å²) in [5.74, 6) is -0.158. The molecule has 32 heavy (non-hydrogen) atoms. The van der Waals surface area contributed by atoms with Gasteiger partial charge in [-0.15, -0.1) is 5.10 Å². The van der Waals surface area contributed by atoms with E-state index in [-0.39, 0.29) is 11.5 Å². The molecule has 4 aromatic heterocycles. The lowest BCUT2D eigenvalue weighted by Crippen LogP contribution is -2.10. The van der Waals surface area contributed by atoms with E-state index in [1.165, 1.54) is 23.3 Å². The average molecular weight is 426 g/mol. The number of anilines is 1. The van der Waals surface area contributed by atoms with Crippen LogP contribution in [0.2, 0.25) is 0 Å². The van der Waals surface area contributed by atoms with Crippen molar-refractivity contribution in [1.29, 1.82) is 5.26 Å². The largest absolute Gasteiger partial charge is 0.383 e. The summed E-state index contributed by atoms with van der Waals surface area (Å²) in [6.07, 6.45) is 6.05. The van der Waals surface area contributed by atoms with Crippen LogP contribution in [0.1, 0.15) is 24.2 Å². The molecule has 5 aromatic rings. The zero-order valence-electron chi connectivity index (χ0n) is 16.8. The first-order chi connectivity index (χ1) is 15.6. The molecule has 1 aromatic carbocycles. The van der Waals surface area contributed by atoms with E-state index in [1.54, 1.807) is 41.3 Å². The Balaban J connectivity index is 1.63. The van der Waals surface area contributed by atoms with E-state index in [1.807, 2.05) is 6.92 Å². The molecule has 5 rings (SSSR count).